The van der Waals surface area contributed by atoms with Crippen LogP contribution < -0.4 is 16.0 Å². The van der Waals surface area contributed by atoms with Crippen molar-refractivity contribution in [1.82, 2.24) is 16.0 Å². The lowest BCUT2D eigenvalue weighted by Gasteiger charge is -2.17. The minimum atomic E-state index is -0.972. The molecule has 0 aliphatic rings. The van der Waals surface area contributed by atoms with E-state index >= 15 is 0 Å². The summed E-state index contributed by atoms with van der Waals surface area (Å²) in [6.45, 7) is -0.718. The van der Waals surface area contributed by atoms with E-state index in [-0.39, 0.29) is 25.3 Å². The van der Waals surface area contributed by atoms with Crippen LogP contribution in [-0.2, 0) is 36.9 Å². The van der Waals surface area contributed by atoms with Crippen LogP contribution in [0.25, 0.3) is 0 Å². The topological polar surface area (TPSA) is 143 Å². The van der Waals surface area contributed by atoms with Crippen molar-refractivity contribution in [1.29, 1.82) is 0 Å². The van der Waals surface area contributed by atoms with Crippen molar-refractivity contribution in [3.63, 3.8) is 0 Å². The van der Waals surface area contributed by atoms with Gasteiger partial charge in [-0.3, -0.25) is 9.59 Å². The van der Waals surface area contributed by atoms with Gasteiger partial charge in [-0.05, 0) is 23.3 Å². The minimum absolute atomic E-state index is 0.0621. The zero-order chi connectivity index (χ0) is 23.3. The number of nitrogens with one attached hydrogen (secondary N) is 3. The Hall–Kier alpha value is -4.08. The number of carbonyl (C=O) groups is 4. The number of methoxy groups -OCH3 is 1. The summed E-state index contributed by atoms with van der Waals surface area (Å²) in [4.78, 5) is 47.6. The van der Waals surface area contributed by atoms with E-state index < -0.39 is 36.5 Å². The number of phenolic OH excluding ortho intramolecular Hbond substituents is 1. The Kier molecular flexibility index (Phi) is 9.51. The van der Waals surface area contributed by atoms with Gasteiger partial charge in [-0.2, -0.15) is 0 Å². The van der Waals surface area contributed by atoms with E-state index in [1.54, 1.807) is 24.3 Å². The minimum Gasteiger partial charge on any atom is -0.508 e. The van der Waals surface area contributed by atoms with Crippen LogP contribution in [0, 0.1) is 0 Å². The van der Waals surface area contributed by atoms with E-state index in [9.17, 15) is 24.3 Å². The Morgan fingerprint density at radius 1 is 0.875 bits per heavy atom. The highest BCUT2D eigenvalue weighted by Gasteiger charge is 2.22. The fourth-order valence-electron chi connectivity index (χ4n) is 2.62. The summed E-state index contributed by atoms with van der Waals surface area (Å²) in [5.41, 5.74) is 1.50. The Bertz CT molecular complexity index is 917. The predicted molar refractivity (Wildman–Crippen MR) is 113 cm³/mol. The maximum Gasteiger partial charge on any atom is 0.407 e. The van der Waals surface area contributed by atoms with Crippen LogP contribution >= 0.6 is 0 Å². The van der Waals surface area contributed by atoms with E-state index in [0.717, 1.165) is 5.56 Å². The molecule has 3 amide bonds. The van der Waals surface area contributed by atoms with E-state index in [1.807, 2.05) is 18.2 Å². The highest BCUT2D eigenvalue weighted by Crippen LogP contribution is 2.11. The molecule has 2 aromatic carbocycles. The highest BCUT2D eigenvalue weighted by atomic mass is 16.5. The maximum atomic E-state index is 12.1. The van der Waals surface area contributed by atoms with Crippen molar-refractivity contribution in [2.75, 3.05) is 20.2 Å². The number of aromatic hydroxyl groups is 1. The Balaban J connectivity index is 1.72. The first kappa shape index (κ1) is 24.2. The molecule has 0 aliphatic carbocycles. The smallest absolute Gasteiger partial charge is 0.407 e. The number of rotatable bonds is 10. The second-order valence-electron chi connectivity index (χ2n) is 6.71. The number of ether oxygens (including phenoxy) is 2. The second kappa shape index (κ2) is 12.6. The number of hydrogen-bond donors (Lipinski definition) is 4. The van der Waals surface area contributed by atoms with Gasteiger partial charge in [-0.25, -0.2) is 9.59 Å². The molecule has 32 heavy (non-hydrogen) atoms. The average Bonchev–Trinajstić information content (AvgIpc) is 2.81. The third kappa shape index (κ3) is 8.74. The number of benzene rings is 2. The number of alkyl carbamates (subject to hydrolysis) is 1. The molecule has 2 aromatic rings. The SMILES string of the molecule is COC(=O)[C@@H](Cc1ccc(O)cc1)NC(=O)CNC(=O)CNC(=O)OCc1ccccc1. The molecule has 0 aliphatic heterocycles. The van der Waals surface area contributed by atoms with Crippen LogP contribution in [0.15, 0.2) is 54.6 Å². The lowest BCUT2D eigenvalue weighted by Crippen LogP contribution is -2.48. The summed E-state index contributed by atoms with van der Waals surface area (Å²) in [7, 11) is 1.20. The molecule has 1 atom stereocenters. The van der Waals surface area contributed by atoms with Gasteiger partial charge in [0.15, 0.2) is 0 Å². The van der Waals surface area contributed by atoms with E-state index in [2.05, 4.69) is 16.0 Å². The first-order valence-corrected chi connectivity index (χ1v) is 9.73. The average molecular weight is 443 g/mol. The first-order chi connectivity index (χ1) is 15.4. The number of phenols is 1. The standard InChI is InChI=1S/C22H25N3O7/c1-31-21(29)18(11-15-7-9-17(26)10-8-15)25-20(28)13-23-19(27)12-24-22(30)32-14-16-5-3-2-4-6-16/h2-10,18,26H,11-14H2,1H3,(H,23,27)(H,24,30)(H,25,28)/t18-/m1/s1. The van der Waals surface area contributed by atoms with E-state index in [0.29, 0.717) is 5.56 Å². The van der Waals surface area contributed by atoms with Crippen LogP contribution in [0.4, 0.5) is 4.79 Å². The summed E-state index contributed by atoms with van der Waals surface area (Å²) in [5.74, 6) is -1.79. The zero-order valence-corrected chi connectivity index (χ0v) is 17.5. The first-order valence-electron chi connectivity index (χ1n) is 9.73. The van der Waals surface area contributed by atoms with Crippen LogP contribution in [0.1, 0.15) is 11.1 Å². The van der Waals surface area contributed by atoms with Crippen LogP contribution in [-0.4, -0.2) is 55.2 Å². The fourth-order valence-corrected chi connectivity index (χ4v) is 2.62. The second-order valence-corrected chi connectivity index (χ2v) is 6.71. The van der Waals surface area contributed by atoms with Gasteiger partial charge < -0.3 is 30.5 Å². The Morgan fingerprint density at radius 3 is 2.19 bits per heavy atom. The van der Waals surface area contributed by atoms with Gasteiger partial charge in [-0.15, -0.1) is 0 Å². The van der Waals surface area contributed by atoms with Crippen LogP contribution in [0.3, 0.4) is 0 Å². The normalized spacial score (nSPS) is 11.0. The van der Waals surface area contributed by atoms with Crippen molar-refractivity contribution in [3.05, 3.63) is 65.7 Å². The molecule has 0 fully saturated rings. The molecule has 0 radical (unpaired) electrons. The number of esters is 1. The van der Waals surface area contributed by atoms with Gasteiger partial charge >= 0.3 is 12.1 Å². The van der Waals surface area contributed by atoms with Crippen molar-refractivity contribution in [3.8, 4) is 5.75 Å². The monoisotopic (exact) mass is 443 g/mol. The Labute approximate surface area is 184 Å². The molecule has 0 heterocycles. The molecule has 0 saturated carbocycles. The summed E-state index contributed by atoms with van der Waals surface area (Å²) in [6.07, 6.45) is -0.630. The van der Waals surface area contributed by atoms with Crippen LogP contribution in [0.5, 0.6) is 5.75 Å². The Morgan fingerprint density at radius 2 is 1.53 bits per heavy atom. The number of amides is 3. The zero-order valence-electron chi connectivity index (χ0n) is 17.5. The fraction of sp³-hybridized carbons (Fsp3) is 0.273. The van der Waals surface area contributed by atoms with Crippen molar-refractivity contribution < 1.29 is 33.8 Å². The molecule has 0 unspecified atom stereocenters. The van der Waals surface area contributed by atoms with E-state index in [4.69, 9.17) is 9.47 Å². The molecule has 0 aromatic heterocycles. The molecule has 4 N–H and O–H groups in total. The van der Waals surface area contributed by atoms with Gasteiger partial charge in [0.1, 0.15) is 24.9 Å². The molecule has 0 saturated heterocycles. The van der Waals surface area contributed by atoms with Gasteiger partial charge in [0, 0.05) is 6.42 Å². The molecular formula is C22H25N3O7. The van der Waals surface area contributed by atoms with Crippen molar-refractivity contribution >= 4 is 23.9 Å². The van der Waals surface area contributed by atoms with Gasteiger partial charge in [0.05, 0.1) is 13.7 Å². The van der Waals surface area contributed by atoms with Gasteiger partial charge in [0.25, 0.3) is 0 Å². The maximum absolute atomic E-state index is 12.1. The summed E-state index contributed by atoms with van der Waals surface area (Å²) >= 11 is 0. The lowest BCUT2D eigenvalue weighted by molar-refractivity contribution is -0.145. The van der Waals surface area contributed by atoms with Crippen molar-refractivity contribution in [2.24, 2.45) is 0 Å². The number of hydrogen-bond acceptors (Lipinski definition) is 7. The van der Waals surface area contributed by atoms with Crippen molar-refractivity contribution in [2.45, 2.75) is 19.1 Å². The molecule has 0 bridgehead atoms. The molecule has 170 valence electrons. The van der Waals surface area contributed by atoms with Crippen LogP contribution in [0.2, 0.25) is 0 Å². The molecule has 2 rings (SSSR count). The molecule has 10 nitrogen and oxygen atoms in total. The van der Waals surface area contributed by atoms with E-state index in [1.165, 1.54) is 19.2 Å². The largest absolute Gasteiger partial charge is 0.508 e. The molecule has 10 heteroatoms. The summed E-state index contributed by atoms with van der Waals surface area (Å²) < 4.78 is 9.69. The third-order valence-electron chi connectivity index (χ3n) is 4.25. The van der Waals surface area contributed by atoms with Gasteiger partial charge in [0.2, 0.25) is 11.8 Å². The molecule has 0 spiro atoms. The van der Waals surface area contributed by atoms with Gasteiger partial charge in [-0.1, -0.05) is 42.5 Å². The lowest BCUT2D eigenvalue weighted by atomic mass is 10.1. The highest BCUT2D eigenvalue weighted by molar-refractivity contribution is 5.89. The molecular weight excluding hydrogens is 418 g/mol. The quantitative estimate of drug-likeness (QED) is 0.395. The number of carbonyl (C=O) groups excluding carboxylic acids is 4. The summed E-state index contributed by atoms with van der Waals surface area (Å²) in [5, 5.41) is 16.4. The predicted octanol–water partition coefficient (Wildman–Crippen LogP) is 0.635. The third-order valence-corrected chi connectivity index (χ3v) is 4.25. The summed E-state index contributed by atoms with van der Waals surface area (Å²) in [6, 6.07) is 14.2.